The molecule has 20 heavy (non-hydrogen) atoms. The lowest BCUT2D eigenvalue weighted by Gasteiger charge is -2.12. The molecule has 0 saturated heterocycles. The molecule has 2 aromatic rings. The van der Waals surface area contributed by atoms with Crippen molar-refractivity contribution >= 4 is 10.0 Å². The van der Waals surface area contributed by atoms with Gasteiger partial charge in [0.15, 0.2) is 0 Å². The van der Waals surface area contributed by atoms with E-state index in [0.29, 0.717) is 12.2 Å². The Morgan fingerprint density at radius 3 is 2.70 bits per heavy atom. The first-order valence-corrected chi connectivity index (χ1v) is 7.65. The summed E-state index contributed by atoms with van der Waals surface area (Å²) in [6, 6.07) is 6.86. The van der Waals surface area contributed by atoms with Crippen LogP contribution < -0.4 is 10.0 Å². The van der Waals surface area contributed by atoms with E-state index in [1.807, 2.05) is 13.1 Å². The number of nitrogens with zero attached hydrogens (tertiary/aromatic N) is 1. The van der Waals surface area contributed by atoms with Crippen molar-refractivity contribution in [2.45, 2.75) is 24.9 Å². The maximum Gasteiger partial charge on any atom is 0.241 e. The Bertz CT molecular complexity index is 666. The first kappa shape index (κ1) is 14.7. The van der Waals surface area contributed by atoms with Crippen molar-refractivity contribution in [1.82, 2.24) is 15.2 Å². The van der Waals surface area contributed by atoms with Gasteiger partial charge in [0.1, 0.15) is 6.26 Å². The largest absolute Gasteiger partial charge is 0.364 e. The Labute approximate surface area is 118 Å². The van der Waals surface area contributed by atoms with Crippen LogP contribution in [0.2, 0.25) is 0 Å². The van der Waals surface area contributed by atoms with Crippen molar-refractivity contribution in [3.05, 3.63) is 47.3 Å². The summed E-state index contributed by atoms with van der Waals surface area (Å²) in [5.41, 5.74) is 2.24. The van der Waals surface area contributed by atoms with Gasteiger partial charge in [-0.2, -0.15) is 0 Å². The second kappa shape index (κ2) is 6.17. The summed E-state index contributed by atoms with van der Waals surface area (Å²) < 4.78 is 31.8. The molecule has 108 valence electrons. The quantitative estimate of drug-likeness (QED) is 0.836. The molecule has 1 heterocycles. The maximum absolute atomic E-state index is 12.3. The van der Waals surface area contributed by atoms with Gasteiger partial charge in [-0.05, 0) is 31.2 Å². The van der Waals surface area contributed by atoms with Gasteiger partial charge in [-0.15, -0.1) is 0 Å². The molecule has 6 nitrogen and oxygen atoms in total. The van der Waals surface area contributed by atoms with E-state index in [1.54, 1.807) is 25.1 Å². The fourth-order valence-corrected chi connectivity index (χ4v) is 3.19. The van der Waals surface area contributed by atoms with Crippen LogP contribution in [0.4, 0.5) is 0 Å². The van der Waals surface area contributed by atoms with Crippen LogP contribution in [-0.2, 0) is 23.1 Å². The summed E-state index contributed by atoms with van der Waals surface area (Å²) >= 11 is 0. The van der Waals surface area contributed by atoms with Gasteiger partial charge >= 0.3 is 0 Å². The molecule has 0 aliphatic carbocycles. The first-order valence-electron chi connectivity index (χ1n) is 6.16. The zero-order chi connectivity index (χ0) is 14.6. The average Bonchev–Trinajstić information content (AvgIpc) is 2.92. The summed E-state index contributed by atoms with van der Waals surface area (Å²) in [5.74, 6) is 0. The van der Waals surface area contributed by atoms with Gasteiger partial charge < -0.3 is 9.84 Å². The monoisotopic (exact) mass is 295 g/mol. The number of hydrogen-bond donors (Lipinski definition) is 2. The van der Waals surface area contributed by atoms with Gasteiger partial charge in [0.05, 0.1) is 17.1 Å². The minimum Gasteiger partial charge on any atom is -0.364 e. The van der Waals surface area contributed by atoms with Crippen molar-refractivity contribution in [3.8, 4) is 0 Å². The van der Waals surface area contributed by atoms with Crippen LogP contribution in [0.3, 0.4) is 0 Å². The molecule has 0 radical (unpaired) electrons. The first-order chi connectivity index (χ1) is 9.54. The predicted molar refractivity (Wildman–Crippen MR) is 74.5 cm³/mol. The van der Waals surface area contributed by atoms with Gasteiger partial charge in [0.2, 0.25) is 10.0 Å². The van der Waals surface area contributed by atoms with Crippen molar-refractivity contribution in [1.29, 1.82) is 0 Å². The van der Waals surface area contributed by atoms with Crippen LogP contribution in [0.15, 0.2) is 39.9 Å². The highest BCUT2D eigenvalue weighted by Crippen LogP contribution is 2.19. The predicted octanol–water partition coefficient (Wildman–Crippen LogP) is 1.18. The normalized spacial score (nSPS) is 11.7. The Kier molecular flexibility index (Phi) is 4.53. The molecule has 1 aromatic heterocycles. The third kappa shape index (κ3) is 3.24. The maximum atomic E-state index is 12.3. The standard InChI is InChI=1S/C13H17N3O3S/c1-10-11(8-14-2)4-3-5-13(10)20(17,18)15-9-12-6-7-19-16-12/h3-7,14-15H,8-9H2,1-2H3. The minimum absolute atomic E-state index is 0.106. The second-order valence-electron chi connectivity index (χ2n) is 4.39. The lowest BCUT2D eigenvalue weighted by molar-refractivity contribution is 0.411. The van der Waals surface area contributed by atoms with Gasteiger partial charge in [-0.3, -0.25) is 0 Å². The summed E-state index contributed by atoms with van der Waals surface area (Å²) in [4.78, 5) is 0.286. The molecule has 2 rings (SSSR count). The third-order valence-corrected chi connectivity index (χ3v) is 4.53. The van der Waals surface area contributed by atoms with E-state index < -0.39 is 10.0 Å². The van der Waals surface area contributed by atoms with Crippen LogP contribution >= 0.6 is 0 Å². The fourth-order valence-electron chi connectivity index (χ4n) is 1.91. The Morgan fingerprint density at radius 1 is 1.25 bits per heavy atom. The number of nitrogens with one attached hydrogen (secondary N) is 2. The van der Waals surface area contributed by atoms with Crippen molar-refractivity contribution in [3.63, 3.8) is 0 Å². The van der Waals surface area contributed by atoms with Crippen molar-refractivity contribution < 1.29 is 12.9 Å². The molecule has 0 spiro atoms. The van der Waals surface area contributed by atoms with E-state index in [4.69, 9.17) is 0 Å². The van der Waals surface area contributed by atoms with E-state index >= 15 is 0 Å². The van der Waals surface area contributed by atoms with E-state index in [-0.39, 0.29) is 11.4 Å². The molecule has 0 fully saturated rings. The minimum atomic E-state index is -3.57. The fraction of sp³-hybridized carbons (Fsp3) is 0.308. The van der Waals surface area contributed by atoms with Crippen molar-refractivity contribution in [2.24, 2.45) is 0 Å². The van der Waals surface area contributed by atoms with Crippen LogP contribution in [-0.4, -0.2) is 20.6 Å². The zero-order valence-corrected chi connectivity index (χ0v) is 12.2. The Balaban J connectivity index is 2.23. The molecule has 0 unspecified atom stereocenters. The van der Waals surface area contributed by atoms with E-state index in [9.17, 15) is 8.42 Å². The average molecular weight is 295 g/mol. The smallest absolute Gasteiger partial charge is 0.241 e. The summed E-state index contributed by atoms with van der Waals surface area (Å²) in [7, 11) is -1.74. The summed E-state index contributed by atoms with van der Waals surface area (Å²) in [6.45, 7) is 2.53. The molecule has 7 heteroatoms. The number of benzene rings is 1. The second-order valence-corrected chi connectivity index (χ2v) is 6.12. The summed E-state index contributed by atoms with van der Waals surface area (Å²) in [5, 5.41) is 6.69. The van der Waals surface area contributed by atoms with Crippen LogP contribution in [0, 0.1) is 6.92 Å². The molecule has 0 saturated carbocycles. The molecule has 0 aliphatic rings. The zero-order valence-electron chi connectivity index (χ0n) is 11.4. The number of sulfonamides is 1. The molecule has 0 amide bonds. The molecule has 0 bridgehead atoms. The lowest BCUT2D eigenvalue weighted by atomic mass is 10.1. The Hall–Kier alpha value is -1.70. The Morgan fingerprint density at radius 2 is 2.05 bits per heavy atom. The molecule has 0 aliphatic heterocycles. The molecular weight excluding hydrogens is 278 g/mol. The SMILES string of the molecule is CNCc1cccc(S(=O)(=O)NCc2ccon2)c1C. The molecule has 0 atom stereocenters. The third-order valence-electron chi connectivity index (χ3n) is 2.99. The van der Waals surface area contributed by atoms with Crippen LogP contribution in [0.5, 0.6) is 0 Å². The van der Waals surface area contributed by atoms with Gasteiger partial charge in [-0.1, -0.05) is 17.3 Å². The highest BCUT2D eigenvalue weighted by atomic mass is 32.2. The highest BCUT2D eigenvalue weighted by molar-refractivity contribution is 7.89. The van der Waals surface area contributed by atoms with Gasteiger partial charge in [-0.25, -0.2) is 13.1 Å². The van der Waals surface area contributed by atoms with Crippen LogP contribution in [0.1, 0.15) is 16.8 Å². The molecular formula is C13H17N3O3S. The number of aromatic nitrogens is 1. The number of hydrogen-bond acceptors (Lipinski definition) is 5. The van der Waals surface area contributed by atoms with Crippen molar-refractivity contribution in [2.75, 3.05) is 7.05 Å². The highest BCUT2D eigenvalue weighted by Gasteiger charge is 2.18. The van der Waals surface area contributed by atoms with E-state index in [0.717, 1.165) is 11.1 Å². The van der Waals surface area contributed by atoms with Gasteiger partial charge in [0, 0.05) is 12.6 Å². The topological polar surface area (TPSA) is 84.2 Å². The lowest BCUT2D eigenvalue weighted by Crippen LogP contribution is -2.24. The van der Waals surface area contributed by atoms with Gasteiger partial charge in [0.25, 0.3) is 0 Å². The van der Waals surface area contributed by atoms with E-state index in [2.05, 4.69) is 19.7 Å². The van der Waals surface area contributed by atoms with Crippen LogP contribution in [0.25, 0.3) is 0 Å². The van der Waals surface area contributed by atoms with E-state index in [1.165, 1.54) is 6.26 Å². The number of rotatable bonds is 6. The molecule has 1 aromatic carbocycles. The molecule has 2 N–H and O–H groups in total. The summed E-state index contributed by atoms with van der Waals surface area (Å²) in [6.07, 6.45) is 1.41.